The number of nitrogens with two attached hydrogens (primary N) is 1. The van der Waals surface area contributed by atoms with Crippen LogP contribution in [0.5, 0.6) is 0 Å². The van der Waals surface area contributed by atoms with E-state index in [9.17, 15) is 14.4 Å². The number of carbonyl (C=O) groups excluding carboxylic acids is 3. The van der Waals surface area contributed by atoms with E-state index in [2.05, 4.69) is 15.5 Å². The number of hydrogen-bond acceptors (Lipinski definition) is 10. The van der Waals surface area contributed by atoms with Gasteiger partial charge in [0, 0.05) is 6.61 Å². The summed E-state index contributed by atoms with van der Waals surface area (Å²) in [5.74, 6) is -0.880. The second-order valence-corrected chi connectivity index (χ2v) is 10.6. The molecule has 1 aliphatic heterocycles. The molecule has 3 aromatic heterocycles. The van der Waals surface area contributed by atoms with Crippen LogP contribution in [0.15, 0.2) is 22.7 Å². The fourth-order valence-corrected chi connectivity index (χ4v) is 6.25. The molecule has 0 bridgehead atoms. The molecule has 0 aliphatic carbocycles. The highest BCUT2D eigenvalue weighted by molar-refractivity contribution is 7.99. The quantitative estimate of drug-likeness (QED) is 0.297. The minimum Gasteiger partial charge on any atom is -0.462 e. The average Bonchev–Trinajstić information content (AvgIpc) is 3.61. The summed E-state index contributed by atoms with van der Waals surface area (Å²) in [6.07, 6.45) is 2.05. The number of anilines is 1. The van der Waals surface area contributed by atoms with E-state index in [0.29, 0.717) is 17.3 Å². The van der Waals surface area contributed by atoms with Crippen LogP contribution in [0.3, 0.4) is 0 Å². The summed E-state index contributed by atoms with van der Waals surface area (Å²) in [7, 11) is 0. The monoisotopic (exact) mass is 535 g/mol. The molecule has 0 aromatic carbocycles. The number of nitrogens with zero attached hydrogens (tertiary/aromatic N) is 3. The second-order valence-electron chi connectivity index (χ2n) is 7.71. The van der Waals surface area contributed by atoms with Gasteiger partial charge >= 0.3 is 5.97 Å². The maximum Gasteiger partial charge on any atom is 0.341 e. The Bertz CT molecular complexity index is 1210. The van der Waals surface area contributed by atoms with Crippen molar-refractivity contribution in [3.8, 4) is 10.7 Å². The number of thioether (sulfide) groups is 1. The van der Waals surface area contributed by atoms with Crippen LogP contribution in [0.1, 0.15) is 45.4 Å². The lowest BCUT2D eigenvalue weighted by Crippen LogP contribution is -2.18. The summed E-state index contributed by atoms with van der Waals surface area (Å²) in [5.41, 5.74) is 5.97. The maximum atomic E-state index is 12.8. The van der Waals surface area contributed by atoms with Gasteiger partial charge in [0.2, 0.25) is 5.91 Å². The third kappa shape index (κ3) is 5.74. The highest BCUT2D eigenvalue weighted by Crippen LogP contribution is 2.34. The first-order valence-electron chi connectivity index (χ1n) is 11.0. The molecule has 1 atom stereocenters. The lowest BCUT2D eigenvalue weighted by Gasteiger charge is -2.14. The van der Waals surface area contributed by atoms with Gasteiger partial charge in [0.15, 0.2) is 11.0 Å². The molecule has 0 radical (unpaired) electrons. The molecule has 0 saturated carbocycles. The van der Waals surface area contributed by atoms with Gasteiger partial charge in [-0.1, -0.05) is 17.8 Å². The van der Waals surface area contributed by atoms with E-state index in [-0.39, 0.29) is 39.8 Å². The van der Waals surface area contributed by atoms with Crippen LogP contribution < -0.4 is 11.1 Å². The normalized spacial score (nSPS) is 15.3. The fourth-order valence-electron chi connectivity index (χ4n) is 3.72. The first-order valence-corrected chi connectivity index (χ1v) is 13.7. The molecule has 0 spiro atoms. The zero-order valence-corrected chi connectivity index (χ0v) is 21.7. The molecule has 3 aromatic rings. The molecule has 10 nitrogen and oxygen atoms in total. The van der Waals surface area contributed by atoms with Gasteiger partial charge in [-0.2, -0.15) is 0 Å². The van der Waals surface area contributed by atoms with E-state index < -0.39 is 11.9 Å². The van der Waals surface area contributed by atoms with Crippen LogP contribution in [0, 0.1) is 6.92 Å². The molecular weight excluding hydrogens is 510 g/mol. The number of ether oxygens (including phenoxy) is 2. The minimum absolute atomic E-state index is 0.0270. The van der Waals surface area contributed by atoms with Crippen LogP contribution in [-0.4, -0.2) is 57.6 Å². The van der Waals surface area contributed by atoms with Crippen LogP contribution in [-0.2, 0) is 20.8 Å². The largest absolute Gasteiger partial charge is 0.462 e. The Balaban J connectivity index is 1.51. The molecule has 1 unspecified atom stereocenters. The van der Waals surface area contributed by atoms with Crippen molar-refractivity contribution in [1.29, 1.82) is 0 Å². The predicted molar refractivity (Wildman–Crippen MR) is 135 cm³/mol. The molecule has 4 heterocycles. The number of esters is 1. The molecule has 13 heteroatoms. The van der Waals surface area contributed by atoms with Gasteiger partial charge in [-0.25, -0.2) is 4.79 Å². The smallest absolute Gasteiger partial charge is 0.341 e. The third-order valence-corrected chi connectivity index (χ3v) is 8.36. The summed E-state index contributed by atoms with van der Waals surface area (Å²) >= 11 is 3.77. The van der Waals surface area contributed by atoms with Gasteiger partial charge in [0.25, 0.3) is 5.91 Å². The molecule has 186 valence electrons. The van der Waals surface area contributed by atoms with Crippen LogP contribution in [0.25, 0.3) is 10.7 Å². The van der Waals surface area contributed by atoms with Gasteiger partial charge in [-0.15, -0.1) is 32.9 Å². The first-order chi connectivity index (χ1) is 16.9. The van der Waals surface area contributed by atoms with Gasteiger partial charge in [-0.3, -0.25) is 14.2 Å². The van der Waals surface area contributed by atoms with Crippen molar-refractivity contribution in [1.82, 2.24) is 14.8 Å². The third-order valence-electron chi connectivity index (χ3n) is 5.30. The SMILES string of the molecule is CCOC(=O)c1c(NC(=O)CSc2nnc(-c3cccs3)n2CC2CCCO2)sc(C(N)=O)c1C. The summed E-state index contributed by atoms with van der Waals surface area (Å²) < 4.78 is 12.9. The van der Waals surface area contributed by atoms with E-state index in [1.807, 2.05) is 22.1 Å². The number of thiophene rings is 2. The number of aromatic nitrogens is 3. The van der Waals surface area contributed by atoms with Crippen LogP contribution in [0.2, 0.25) is 0 Å². The minimum atomic E-state index is -0.670. The molecule has 1 fully saturated rings. The van der Waals surface area contributed by atoms with Crippen molar-refractivity contribution >= 4 is 57.2 Å². The molecular formula is C22H25N5O5S3. The number of amides is 2. The Labute approximate surface area is 214 Å². The molecule has 4 rings (SSSR count). The summed E-state index contributed by atoms with van der Waals surface area (Å²) in [6.45, 7) is 4.79. The summed E-state index contributed by atoms with van der Waals surface area (Å²) in [4.78, 5) is 38.2. The summed E-state index contributed by atoms with van der Waals surface area (Å²) in [6, 6.07) is 3.93. The topological polar surface area (TPSA) is 138 Å². The molecule has 2 amide bonds. The van der Waals surface area contributed by atoms with Crippen molar-refractivity contribution in [2.75, 3.05) is 24.3 Å². The Morgan fingerprint density at radius 2 is 2.20 bits per heavy atom. The van der Waals surface area contributed by atoms with Crippen molar-refractivity contribution in [2.24, 2.45) is 5.73 Å². The van der Waals surface area contributed by atoms with E-state index in [1.54, 1.807) is 25.2 Å². The first kappa shape index (κ1) is 25.4. The Kier molecular flexibility index (Phi) is 8.21. The average molecular weight is 536 g/mol. The van der Waals surface area contributed by atoms with Crippen molar-refractivity contribution in [2.45, 2.75) is 44.5 Å². The van der Waals surface area contributed by atoms with Crippen molar-refractivity contribution < 1.29 is 23.9 Å². The zero-order valence-electron chi connectivity index (χ0n) is 19.2. The van der Waals surface area contributed by atoms with E-state index in [4.69, 9.17) is 15.2 Å². The van der Waals surface area contributed by atoms with Gasteiger partial charge in [0.05, 0.1) is 40.3 Å². The van der Waals surface area contributed by atoms with Gasteiger partial charge < -0.3 is 20.5 Å². The lowest BCUT2D eigenvalue weighted by molar-refractivity contribution is -0.113. The van der Waals surface area contributed by atoms with Crippen molar-refractivity contribution in [3.63, 3.8) is 0 Å². The van der Waals surface area contributed by atoms with Crippen LogP contribution in [0.4, 0.5) is 5.00 Å². The Morgan fingerprint density at radius 1 is 1.37 bits per heavy atom. The highest BCUT2D eigenvalue weighted by atomic mass is 32.2. The Hall–Kier alpha value is -2.74. The van der Waals surface area contributed by atoms with Gasteiger partial charge in [0.1, 0.15) is 5.00 Å². The number of carbonyl (C=O) groups is 3. The molecule has 35 heavy (non-hydrogen) atoms. The van der Waals surface area contributed by atoms with E-state index in [1.165, 1.54) is 11.8 Å². The zero-order chi connectivity index (χ0) is 24.9. The maximum absolute atomic E-state index is 12.8. The van der Waals surface area contributed by atoms with Gasteiger partial charge in [-0.05, 0) is 43.7 Å². The number of hydrogen-bond donors (Lipinski definition) is 2. The lowest BCUT2D eigenvalue weighted by atomic mass is 10.1. The number of rotatable bonds is 10. The number of nitrogens with one attached hydrogen (secondary N) is 1. The van der Waals surface area contributed by atoms with E-state index >= 15 is 0 Å². The number of primary amides is 1. The molecule has 1 aliphatic rings. The van der Waals surface area contributed by atoms with Crippen LogP contribution >= 0.6 is 34.4 Å². The highest BCUT2D eigenvalue weighted by Gasteiger charge is 2.26. The molecule has 1 saturated heterocycles. The fraction of sp³-hybridized carbons (Fsp3) is 0.409. The van der Waals surface area contributed by atoms with Crippen molar-refractivity contribution in [3.05, 3.63) is 33.5 Å². The Morgan fingerprint density at radius 3 is 2.86 bits per heavy atom. The standard InChI is InChI=1S/C22H25N5O5S3/c1-3-31-21(30)16-12(2)17(18(23)29)35-20(16)24-15(28)11-34-22-26-25-19(14-7-5-9-33-14)27(22)10-13-6-4-8-32-13/h5,7,9,13H,3-4,6,8,10-11H2,1-2H3,(H2,23,29)(H,24,28). The summed E-state index contributed by atoms with van der Waals surface area (Å²) in [5, 5.41) is 14.2. The second kappa shape index (κ2) is 11.3. The van der Waals surface area contributed by atoms with E-state index in [0.717, 1.165) is 41.5 Å². The predicted octanol–water partition coefficient (Wildman–Crippen LogP) is 3.56. The molecule has 3 N–H and O–H groups in total.